The van der Waals surface area contributed by atoms with E-state index in [0.29, 0.717) is 48.9 Å². The van der Waals surface area contributed by atoms with Gasteiger partial charge in [0.2, 0.25) is 12.7 Å². The SMILES string of the molecule is O=C(Nc1ccc2c(c1)OCO2)C1CCN(C(=O)c2ccco2)CC1. The Labute approximate surface area is 144 Å². The van der Waals surface area contributed by atoms with Crippen LogP contribution in [-0.2, 0) is 4.79 Å². The van der Waals surface area contributed by atoms with Crippen LogP contribution in [0.1, 0.15) is 23.4 Å². The minimum Gasteiger partial charge on any atom is -0.459 e. The number of rotatable bonds is 3. The van der Waals surface area contributed by atoms with Crippen LogP contribution in [0.5, 0.6) is 11.5 Å². The lowest BCUT2D eigenvalue weighted by atomic mass is 9.95. The molecule has 0 spiro atoms. The van der Waals surface area contributed by atoms with Gasteiger partial charge in [-0.1, -0.05) is 0 Å². The molecule has 7 nitrogen and oxygen atoms in total. The zero-order chi connectivity index (χ0) is 17.2. The lowest BCUT2D eigenvalue weighted by Crippen LogP contribution is -2.41. The highest BCUT2D eigenvalue weighted by Gasteiger charge is 2.29. The Kier molecular flexibility index (Phi) is 4.05. The number of likely N-dealkylation sites (tertiary alicyclic amines) is 1. The molecule has 0 aliphatic carbocycles. The van der Waals surface area contributed by atoms with Gasteiger partial charge >= 0.3 is 0 Å². The second-order valence-electron chi connectivity index (χ2n) is 6.10. The van der Waals surface area contributed by atoms with Crippen molar-refractivity contribution >= 4 is 17.5 Å². The molecule has 2 aliphatic rings. The molecule has 0 atom stereocenters. The van der Waals surface area contributed by atoms with E-state index in [0.717, 1.165) is 0 Å². The number of piperidine rings is 1. The summed E-state index contributed by atoms with van der Waals surface area (Å²) in [7, 11) is 0. The maximum atomic E-state index is 12.5. The van der Waals surface area contributed by atoms with E-state index in [1.54, 1.807) is 35.2 Å². The number of nitrogens with zero attached hydrogens (tertiary/aromatic N) is 1. The summed E-state index contributed by atoms with van der Waals surface area (Å²) in [6.45, 7) is 1.28. The number of amides is 2. The molecule has 0 saturated carbocycles. The molecule has 2 aromatic rings. The van der Waals surface area contributed by atoms with Gasteiger partial charge in [-0.15, -0.1) is 0 Å². The summed E-state index contributed by atoms with van der Waals surface area (Å²) in [4.78, 5) is 26.4. The summed E-state index contributed by atoms with van der Waals surface area (Å²) in [5.41, 5.74) is 0.684. The number of hydrogen-bond donors (Lipinski definition) is 1. The number of benzene rings is 1. The van der Waals surface area contributed by atoms with Crippen LogP contribution in [0.2, 0.25) is 0 Å². The molecule has 3 heterocycles. The molecular formula is C18H18N2O5. The summed E-state index contributed by atoms with van der Waals surface area (Å²) in [6.07, 6.45) is 2.74. The third-order valence-electron chi connectivity index (χ3n) is 4.53. The van der Waals surface area contributed by atoms with Gasteiger partial charge in [-0.25, -0.2) is 0 Å². The molecule has 1 fully saturated rings. The predicted octanol–water partition coefficient (Wildman–Crippen LogP) is 2.50. The standard InChI is InChI=1S/C18H18N2O5/c21-17(19-13-3-4-14-16(10-13)25-11-24-14)12-5-7-20(8-6-12)18(22)15-2-1-9-23-15/h1-4,9-10,12H,5-8,11H2,(H,19,21). The molecule has 0 bridgehead atoms. The Morgan fingerprint density at radius 1 is 1.08 bits per heavy atom. The van der Waals surface area contributed by atoms with Gasteiger partial charge in [0, 0.05) is 30.8 Å². The van der Waals surface area contributed by atoms with E-state index in [1.165, 1.54) is 6.26 Å². The van der Waals surface area contributed by atoms with Gasteiger partial charge in [-0.2, -0.15) is 0 Å². The average molecular weight is 342 g/mol. The molecule has 7 heteroatoms. The van der Waals surface area contributed by atoms with E-state index < -0.39 is 0 Å². The minimum absolute atomic E-state index is 0.0380. The highest BCUT2D eigenvalue weighted by Crippen LogP contribution is 2.34. The molecule has 25 heavy (non-hydrogen) atoms. The van der Waals surface area contributed by atoms with Gasteiger partial charge in [-0.05, 0) is 37.1 Å². The van der Waals surface area contributed by atoms with Crippen molar-refractivity contribution in [2.45, 2.75) is 12.8 Å². The van der Waals surface area contributed by atoms with Crippen LogP contribution < -0.4 is 14.8 Å². The van der Waals surface area contributed by atoms with E-state index in [9.17, 15) is 9.59 Å². The van der Waals surface area contributed by atoms with Gasteiger partial charge in [0.15, 0.2) is 17.3 Å². The van der Waals surface area contributed by atoms with Gasteiger partial charge < -0.3 is 24.1 Å². The molecule has 1 aromatic carbocycles. The fourth-order valence-electron chi connectivity index (χ4n) is 3.12. The molecule has 4 rings (SSSR count). The van der Waals surface area contributed by atoms with Gasteiger partial charge in [0.1, 0.15) is 0 Å². The van der Waals surface area contributed by atoms with E-state index >= 15 is 0 Å². The fourth-order valence-corrected chi connectivity index (χ4v) is 3.12. The smallest absolute Gasteiger partial charge is 0.289 e. The van der Waals surface area contributed by atoms with Crippen LogP contribution >= 0.6 is 0 Å². The molecule has 2 aliphatic heterocycles. The van der Waals surface area contributed by atoms with Gasteiger partial charge in [-0.3, -0.25) is 9.59 Å². The number of fused-ring (bicyclic) bond motifs is 1. The van der Waals surface area contributed by atoms with Crippen molar-refractivity contribution in [2.75, 3.05) is 25.2 Å². The van der Waals surface area contributed by atoms with Crippen molar-refractivity contribution in [3.63, 3.8) is 0 Å². The summed E-state index contributed by atoms with van der Waals surface area (Å²) < 4.78 is 15.7. The monoisotopic (exact) mass is 342 g/mol. The molecule has 2 amide bonds. The number of hydrogen-bond acceptors (Lipinski definition) is 5. The van der Waals surface area contributed by atoms with E-state index in [2.05, 4.69) is 5.32 Å². The van der Waals surface area contributed by atoms with E-state index in [1.807, 2.05) is 0 Å². The first-order valence-electron chi connectivity index (χ1n) is 8.24. The zero-order valence-electron chi connectivity index (χ0n) is 13.6. The first kappa shape index (κ1) is 15.6. The number of ether oxygens (including phenoxy) is 2. The Morgan fingerprint density at radius 3 is 2.64 bits per heavy atom. The lowest BCUT2D eigenvalue weighted by molar-refractivity contribution is -0.121. The number of nitrogens with one attached hydrogen (secondary N) is 1. The molecule has 0 radical (unpaired) electrons. The van der Waals surface area contributed by atoms with Crippen LogP contribution in [0.15, 0.2) is 41.0 Å². The third-order valence-corrected chi connectivity index (χ3v) is 4.53. The molecule has 1 N–H and O–H groups in total. The lowest BCUT2D eigenvalue weighted by Gasteiger charge is -2.30. The van der Waals surface area contributed by atoms with Gasteiger partial charge in [0.25, 0.3) is 5.91 Å². The number of anilines is 1. The number of carbonyl (C=O) groups is 2. The van der Waals surface area contributed by atoms with Crippen molar-refractivity contribution in [2.24, 2.45) is 5.92 Å². The van der Waals surface area contributed by atoms with Crippen LogP contribution in [-0.4, -0.2) is 36.6 Å². The first-order valence-corrected chi connectivity index (χ1v) is 8.24. The average Bonchev–Trinajstić information content (AvgIpc) is 3.32. The van der Waals surface area contributed by atoms with Crippen molar-refractivity contribution in [1.82, 2.24) is 4.90 Å². The van der Waals surface area contributed by atoms with Crippen molar-refractivity contribution in [3.8, 4) is 11.5 Å². The normalized spacial score (nSPS) is 16.7. The summed E-state index contributed by atoms with van der Waals surface area (Å²) in [6, 6.07) is 8.68. The van der Waals surface area contributed by atoms with E-state index in [4.69, 9.17) is 13.9 Å². The Morgan fingerprint density at radius 2 is 1.88 bits per heavy atom. The molecule has 1 aromatic heterocycles. The summed E-state index contributed by atoms with van der Waals surface area (Å²) in [5, 5.41) is 2.92. The Balaban J connectivity index is 1.33. The van der Waals surface area contributed by atoms with Crippen LogP contribution in [0.25, 0.3) is 0 Å². The molecular weight excluding hydrogens is 324 g/mol. The van der Waals surface area contributed by atoms with Crippen molar-refractivity contribution < 1.29 is 23.5 Å². The summed E-state index contributed by atoms with van der Waals surface area (Å²) in [5.74, 6) is 1.37. The minimum atomic E-state index is -0.125. The highest BCUT2D eigenvalue weighted by atomic mass is 16.7. The largest absolute Gasteiger partial charge is 0.459 e. The highest BCUT2D eigenvalue weighted by molar-refractivity contribution is 5.94. The topological polar surface area (TPSA) is 81.0 Å². The number of carbonyl (C=O) groups excluding carboxylic acids is 2. The Hall–Kier alpha value is -2.96. The van der Waals surface area contributed by atoms with Crippen LogP contribution in [0, 0.1) is 5.92 Å². The molecule has 1 saturated heterocycles. The Bertz CT molecular complexity index is 779. The second-order valence-corrected chi connectivity index (χ2v) is 6.10. The fraction of sp³-hybridized carbons (Fsp3) is 0.333. The molecule has 130 valence electrons. The first-order chi connectivity index (χ1) is 12.2. The van der Waals surface area contributed by atoms with Gasteiger partial charge in [0.05, 0.1) is 6.26 Å². The second kappa shape index (κ2) is 6.51. The maximum Gasteiger partial charge on any atom is 0.289 e. The molecule has 0 unspecified atom stereocenters. The quantitative estimate of drug-likeness (QED) is 0.927. The predicted molar refractivity (Wildman–Crippen MR) is 88.5 cm³/mol. The van der Waals surface area contributed by atoms with Crippen molar-refractivity contribution in [1.29, 1.82) is 0 Å². The third kappa shape index (κ3) is 3.17. The van der Waals surface area contributed by atoms with E-state index in [-0.39, 0.29) is 24.5 Å². The zero-order valence-corrected chi connectivity index (χ0v) is 13.6. The van der Waals surface area contributed by atoms with Crippen LogP contribution in [0.3, 0.4) is 0 Å². The summed E-state index contributed by atoms with van der Waals surface area (Å²) >= 11 is 0. The maximum absolute atomic E-state index is 12.5. The number of furan rings is 1. The van der Waals surface area contributed by atoms with Crippen molar-refractivity contribution in [3.05, 3.63) is 42.4 Å². The van der Waals surface area contributed by atoms with Crippen LogP contribution in [0.4, 0.5) is 5.69 Å².